The van der Waals surface area contributed by atoms with Crippen molar-refractivity contribution in [2.24, 2.45) is 0 Å². The van der Waals surface area contributed by atoms with Gasteiger partial charge in [0.1, 0.15) is 11.5 Å². The van der Waals surface area contributed by atoms with Gasteiger partial charge in [0.2, 0.25) is 0 Å². The lowest BCUT2D eigenvalue weighted by molar-refractivity contribution is 0.403. The first-order valence-corrected chi connectivity index (χ1v) is 15.5. The first-order valence-electron chi connectivity index (χ1n) is 12.1. The molecule has 0 aliphatic rings. The standard InChI is InChI=1S/C32H28O3P2/c1-27(37(33,34-28-17-7-2-8-18-28)35-29-19-9-3-10-20-29)36(30-21-11-4-12-22-30,31-23-13-5-14-24-31)32-25-15-6-16-26-32/h2-26H,1H3. The Kier molecular flexibility index (Phi) is 7.47. The zero-order chi connectivity index (χ0) is 25.6. The Labute approximate surface area is 218 Å². The molecule has 184 valence electrons. The van der Waals surface area contributed by atoms with Crippen LogP contribution in [0.3, 0.4) is 0 Å². The number of benzene rings is 5. The molecule has 5 aromatic rings. The highest BCUT2D eigenvalue weighted by molar-refractivity contribution is 8.05. The van der Waals surface area contributed by atoms with E-state index in [0.29, 0.717) is 16.5 Å². The monoisotopic (exact) mass is 522 g/mol. The van der Waals surface area contributed by atoms with E-state index in [1.165, 1.54) is 0 Å². The molecule has 0 heterocycles. The van der Waals surface area contributed by atoms with Crippen LogP contribution in [-0.2, 0) is 4.57 Å². The van der Waals surface area contributed by atoms with Gasteiger partial charge >= 0.3 is 7.60 Å². The van der Waals surface area contributed by atoms with E-state index in [0.717, 1.165) is 15.9 Å². The summed E-state index contributed by atoms with van der Waals surface area (Å²) in [5, 5.41) is 3.92. The lowest BCUT2D eigenvalue weighted by Gasteiger charge is -2.34. The van der Waals surface area contributed by atoms with Crippen molar-refractivity contribution in [1.82, 2.24) is 0 Å². The van der Waals surface area contributed by atoms with Crippen molar-refractivity contribution in [1.29, 1.82) is 0 Å². The summed E-state index contributed by atoms with van der Waals surface area (Å²) in [6.45, 7) is -0.698. The molecule has 0 aliphatic carbocycles. The van der Waals surface area contributed by atoms with Crippen molar-refractivity contribution in [3.05, 3.63) is 152 Å². The third kappa shape index (κ3) is 5.07. The minimum absolute atomic E-state index is 0.494. The molecule has 0 aromatic heterocycles. The molecule has 0 saturated heterocycles. The summed E-state index contributed by atoms with van der Waals surface area (Å²) in [5.41, 5.74) is 0. The van der Waals surface area contributed by atoms with E-state index in [1.54, 1.807) is 0 Å². The molecule has 0 amide bonds. The van der Waals surface area contributed by atoms with E-state index in [2.05, 4.69) is 36.4 Å². The van der Waals surface area contributed by atoms with Gasteiger partial charge in [0.25, 0.3) is 0 Å². The smallest absolute Gasteiger partial charge is 0.413 e. The van der Waals surface area contributed by atoms with Crippen LogP contribution in [0, 0.1) is 0 Å². The van der Waals surface area contributed by atoms with Gasteiger partial charge in [-0.3, -0.25) is 0 Å². The third-order valence-electron chi connectivity index (χ3n) is 6.25. The van der Waals surface area contributed by atoms with E-state index in [-0.39, 0.29) is 0 Å². The van der Waals surface area contributed by atoms with Gasteiger partial charge < -0.3 is 9.05 Å². The van der Waals surface area contributed by atoms with Gasteiger partial charge in [0.05, 0.1) is 5.03 Å². The molecule has 0 aliphatic heterocycles. The van der Waals surface area contributed by atoms with Gasteiger partial charge in [-0.05, 0) is 54.0 Å². The quantitative estimate of drug-likeness (QED) is 0.198. The largest absolute Gasteiger partial charge is 0.459 e. The summed E-state index contributed by atoms with van der Waals surface area (Å²) in [6.07, 6.45) is 0. The Balaban J connectivity index is 1.89. The van der Waals surface area contributed by atoms with Crippen LogP contribution in [0.1, 0.15) is 6.92 Å². The zero-order valence-electron chi connectivity index (χ0n) is 20.6. The summed E-state index contributed by atoms with van der Waals surface area (Å²) in [7, 11) is -3.91. The Bertz CT molecular complexity index is 1390. The SMILES string of the molecule is CC(P(=O)(Oc1ccccc1)Oc1ccccc1)=P(c1ccccc1)(c1ccccc1)c1ccccc1. The second-order valence-electron chi connectivity index (χ2n) is 8.53. The molecule has 0 N–H and O–H groups in total. The zero-order valence-corrected chi connectivity index (χ0v) is 22.3. The summed E-state index contributed by atoms with van der Waals surface area (Å²) in [4.78, 5) is 0. The van der Waals surface area contributed by atoms with Crippen LogP contribution < -0.4 is 25.0 Å². The van der Waals surface area contributed by atoms with Crippen molar-refractivity contribution in [3.8, 4) is 11.5 Å². The number of para-hydroxylation sites is 2. The average Bonchev–Trinajstić information content (AvgIpc) is 2.96. The molecule has 0 bridgehead atoms. The Morgan fingerprint density at radius 2 is 0.730 bits per heavy atom. The lowest BCUT2D eigenvalue weighted by atomic mass is 10.3. The maximum Gasteiger partial charge on any atom is 0.459 e. The van der Waals surface area contributed by atoms with Crippen molar-refractivity contribution in [2.45, 2.75) is 6.92 Å². The maximum atomic E-state index is 15.2. The fourth-order valence-corrected chi connectivity index (χ4v) is 12.3. The average molecular weight is 523 g/mol. The van der Waals surface area contributed by atoms with Gasteiger partial charge in [-0.2, -0.15) is 0 Å². The Hall–Kier alpha value is -3.77. The van der Waals surface area contributed by atoms with Crippen LogP contribution in [0.25, 0.3) is 0 Å². The van der Waals surface area contributed by atoms with Gasteiger partial charge in [0, 0.05) is 0 Å². The molecule has 5 heteroatoms. The maximum absolute atomic E-state index is 15.2. The summed E-state index contributed by atoms with van der Waals surface area (Å²) in [5.74, 6) is 0.988. The number of hydrogen-bond donors (Lipinski definition) is 0. The molecule has 0 atom stereocenters. The highest BCUT2D eigenvalue weighted by Crippen LogP contribution is 2.60. The van der Waals surface area contributed by atoms with Gasteiger partial charge in [-0.25, -0.2) is 4.57 Å². The molecule has 3 nitrogen and oxygen atoms in total. The summed E-state index contributed by atoms with van der Waals surface area (Å²) in [6, 6.07) is 49.4. The molecule has 0 fully saturated rings. The van der Waals surface area contributed by atoms with Crippen LogP contribution >= 0.6 is 14.5 Å². The molecule has 37 heavy (non-hydrogen) atoms. The predicted octanol–water partition coefficient (Wildman–Crippen LogP) is 7.48. The highest BCUT2D eigenvalue weighted by atomic mass is 31.2. The fraction of sp³-hybridized carbons (Fsp3) is 0.0312. The van der Waals surface area contributed by atoms with Crippen molar-refractivity contribution in [2.75, 3.05) is 0 Å². The molecule has 5 aromatic carbocycles. The van der Waals surface area contributed by atoms with E-state index in [1.807, 2.05) is 122 Å². The molecular weight excluding hydrogens is 494 g/mol. The topological polar surface area (TPSA) is 35.5 Å². The predicted molar refractivity (Wildman–Crippen MR) is 158 cm³/mol. The van der Waals surface area contributed by atoms with Crippen LogP contribution in [0.15, 0.2) is 152 Å². The minimum atomic E-state index is -3.91. The van der Waals surface area contributed by atoms with Gasteiger partial charge in [0.15, 0.2) is 0 Å². The normalized spacial score (nSPS) is 11.5. The van der Waals surface area contributed by atoms with E-state index < -0.39 is 14.5 Å². The van der Waals surface area contributed by atoms with Crippen molar-refractivity contribution in [3.63, 3.8) is 0 Å². The summed E-state index contributed by atoms with van der Waals surface area (Å²) >= 11 is 0. The highest BCUT2D eigenvalue weighted by Gasteiger charge is 2.41. The first-order chi connectivity index (χ1) is 18.1. The molecular formula is C32H28O3P2. The second kappa shape index (κ2) is 11.1. The van der Waals surface area contributed by atoms with E-state index >= 15 is 4.57 Å². The number of hydrogen-bond acceptors (Lipinski definition) is 3. The lowest BCUT2D eigenvalue weighted by Crippen LogP contribution is -2.30. The fourth-order valence-electron chi connectivity index (χ4n) is 4.54. The minimum Gasteiger partial charge on any atom is -0.413 e. The third-order valence-corrected chi connectivity index (χ3v) is 13.8. The van der Waals surface area contributed by atoms with Crippen LogP contribution in [0.5, 0.6) is 11.5 Å². The molecule has 0 radical (unpaired) electrons. The van der Waals surface area contributed by atoms with Crippen LogP contribution in [0.2, 0.25) is 0 Å². The summed E-state index contributed by atoms with van der Waals surface area (Å²) < 4.78 is 27.9. The Morgan fingerprint density at radius 1 is 0.459 bits per heavy atom. The Morgan fingerprint density at radius 3 is 1.03 bits per heavy atom. The van der Waals surface area contributed by atoms with E-state index in [4.69, 9.17) is 9.05 Å². The number of rotatable bonds is 8. The molecule has 0 unspecified atom stereocenters. The molecule has 5 rings (SSSR count). The van der Waals surface area contributed by atoms with Gasteiger partial charge in [-0.15, -0.1) is 0 Å². The van der Waals surface area contributed by atoms with Crippen LogP contribution in [0.4, 0.5) is 0 Å². The second-order valence-corrected chi connectivity index (χ2v) is 14.5. The van der Waals surface area contributed by atoms with Crippen molar-refractivity contribution >= 4 is 35.4 Å². The molecule has 0 saturated carbocycles. The van der Waals surface area contributed by atoms with Gasteiger partial charge in [-0.1, -0.05) is 127 Å². The molecule has 0 spiro atoms. The van der Waals surface area contributed by atoms with Crippen molar-refractivity contribution < 1.29 is 13.6 Å². The van der Waals surface area contributed by atoms with E-state index in [9.17, 15) is 0 Å². The first kappa shape index (κ1) is 24.9. The van der Waals surface area contributed by atoms with Crippen LogP contribution in [-0.4, -0.2) is 5.03 Å².